The lowest BCUT2D eigenvalue weighted by molar-refractivity contribution is -0.137. The van der Waals surface area contributed by atoms with Crippen LogP contribution in [0.25, 0.3) is 0 Å². The molecule has 1 fully saturated rings. The maximum Gasteiger partial charge on any atom is 0.318 e. The summed E-state index contributed by atoms with van der Waals surface area (Å²) in [6, 6.07) is 0. The van der Waals surface area contributed by atoms with Crippen molar-refractivity contribution in [1.82, 2.24) is 4.31 Å². The van der Waals surface area contributed by atoms with Gasteiger partial charge in [0.25, 0.3) is 0 Å². The standard InChI is InChI=1S/C10H19NO5S/c1-2-5-11(7-10(12)13)17(14,15)8-9-4-3-6-16-9/h9H,2-8H2,1H3,(H,12,13). The zero-order chi connectivity index (χ0) is 12.9. The molecule has 1 N–H and O–H groups in total. The van der Waals surface area contributed by atoms with Gasteiger partial charge in [-0.3, -0.25) is 4.79 Å². The van der Waals surface area contributed by atoms with Gasteiger partial charge in [0, 0.05) is 13.2 Å². The highest BCUT2D eigenvalue weighted by molar-refractivity contribution is 7.89. The monoisotopic (exact) mass is 265 g/mol. The highest BCUT2D eigenvalue weighted by Gasteiger charge is 2.29. The van der Waals surface area contributed by atoms with E-state index in [1.807, 2.05) is 6.92 Å². The summed E-state index contributed by atoms with van der Waals surface area (Å²) < 4.78 is 30.3. The summed E-state index contributed by atoms with van der Waals surface area (Å²) in [4.78, 5) is 10.6. The largest absolute Gasteiger partial charge is 0.480 e. The number of carboxylic acids is 1. The smallest absolute Gasteiger partial charge is 0.318 e. The number of ether oxygens (including phenoxy) is 1. The van der Waals surface area contributed by atoms with E-state index in [1.165, 1.54) is 0 Å². The number of sulfonamides is 1. The van der Waals surface area contributed by atoms with Crippen LogP contribution in [0.4, 0.5) is 0 Å². The van der Waals surface area contributed by atoms with E-state index >= 15 is 0 Å². The van der Waals surface area contributed by atoms with Gasteiger partial charge in [-0.25, -0.2) is 8.42 Å². The minimum absolute atomic E-state index is 0.111. The van der Waals surface area contributed by atoms with Crippen molar-refractivity contribution < 1.29 is 23.1 Å². The molecule has 0 aromatic rings. The van der Waals surface area contributed by atoms with E-state index in [0.717, 1.165) is 17.1 Å². The molecule has 0 radical (unpaired) electrons. The molecule has 0 bridgehead atoms. The number of carbonyl (C=O) groups is 1. The lowest BCUT2D eigenvalue weighted by Crippen LogP contribution is -2.40. The Labute approximate surface area is 102 Å². The summed E-state index contributed by atoms with van der Waals surface area (Å²) in [5, 5.41) is 8.70. The van der Waals surface area contributed by atoms with Crippen LogP contribution in [0.5, 0.6) is 0 Å². The van der Waals surface area contributed by atoms with Crippen molar-refractivity contribution in [3.8, 4) is 0 Å². The lowest BCUT2D eigenvalue weighted by atomic mass is 10.3. The van der Waals surface area contributed by atoms with Gasteiger partial charge in [-0.1, -0.05) is 6.92 Å². The first-order valence-electron chi connectivity index (χ1n) is 5.77. The summed E-state index contributed by atoms with van der Waals surface area (Å²) in [5.41, 5.74) is 0. The van der Waals surface area contributed by atoms with Gasteiger partial charge in [0.2, 0.25) is 10.0 Å². The van der Waals surface area contributed by atoms with E-state index in [2.05, 4.69) is 0 Å². The minimum atomic E-state index is -3.54. The van der Waals surface area contributed by atoms with Crippen LogP contribution in [0.3, 0.4) is 0 Å². The fourth-order valence-electron chi connectivity index (χ4n) is 1.83. The van der Waals surface area contributed by atoms with E-state index in [-0.39, 0.29) is 18.4 Å². The van der Waals surface area contributed by atoms with Crippen LogP contribution < -0.4 is 0 Å². The molecule has 1 aliphatic heterocycles. The molecule has 17 heavy (non-hydrogen) atoms. The molecule has 0 aliphatic carbocycles. The molecular weight excluding hydrogens is 246 g/mol. The van der Waals surface area contributed by atoms with Gasteiger partial charge >= 0.3 is 5.97 Å². The van der Waals surface area contributed by atoms with Crippen LogP contribution in [-0.4, -0.2) is 55.4 Å². The molecule has 100 valence electrons. The molecule has 1 heterocycles. The SMILES string of the molecule is CCCN(CC(=O)O)S(=O)(=O)CC1CCCO1. The molecule has 0 amide bonds. The van der Waals surface area contributed by atoms with Crippen molar-refractivity contribution in [3.63, 3.8) is 0 Å². The van der Waals surface area contributed by atoms with Crippen LogP contribution >= 0.6 is 0 Å². The molecule has 0 saturated carbocycles. The average Bonchev–Trinajstić information content (AvgIpc) is 2.68. The Balaban J connectivity index is 2.65. The van der Waals surface area contributed by atoms with Gasteiger partial charge in [0.1, 0.15) is 6.54 Å². The van der Waals surface area contributed by atoms with E-state index < -0.39 is 22.5 Å². The van der Waals surface area contributed by atoms with Crippen LogP contribution in [0.15, 0.2) is 0 Å². The summed E-state index contributed by atoms with van der Waals surface area (Å²) in [6.07, 6.45) is 1.91. The Morgan fingerprint density at radius 3 is 2.71 bits per heavy atom. The maximum atomic E-state index is 12.0. The van der Waals surface area contributed by atoms with E-state index in [9.17, 15) is 13.2 Å². The zero-order valence-electron chi connectivity index (χ0n) is 9.96. The second-order valence-electron chi connectivity index (χ2n) is 4.14. The average molecular weight is 265 g/mol. The highest BCUT2D eigenvalue weighted by Crippen LogP contribution is 2.16. The topological polar surface area (TPSA) is 83.9 Å². The van der Waals surface area contributed by atoms with Crippen LogP contribution in [0.1, 0.15) is 26.2 Å². The molecule has 0 spiro atoms. The number of rotatable bonds is 7. The first kappa shape index (κ1) is 14.4. The normalized spacial score (nSPS) is 20.9. The molecule has 1 saturated heterocycles. The molecule has 0 aromatic carbocycles. The molecule has 1 aliphatic rings. The van der Waals surface area contributed by atoms with Gasteiger partial charge in [0.15, 0.2) is 0 Å². The Kier molecular flexibility index (Phi) is 5.35. The van der Waals surface area contributed by atoms with Crippen LogP contribution in [0.2, 0.25) is 0 Å². The van der Waals surface area contributed by atoms with Crippen molar-refractivity contribution in [2.75, 3.05) is 25.4 Å². The first-order valence-corrected chi connectivity index (χ1v) is 7.38. The molecule has 0 aromatic heterocycles. The van der Waals surface area contributed by atoms with Gasteiger partial charge in [-0.2, -0.15) is 4.31 Å². The van der Waals surface area contributed by atoms with E-state index in [0.29, 0.717) is 13.0 Å². The third kappa shape index (κ3) is 4.61. The molecule has 1 unspecified atom stereocenters. The summed E-state index contributed by atoms with van der Waals surface area (Å²) in [6.45, 7) is 2.17. The number of aliphatic carboxylic acids is 1. The fourth-order valence-corrected chi connectivity index (χ4v) is 3.54. The number of hydrogen-bond acceptors (Lipinski definition) is 4. The third-order valence-electron chi connectivity index (χ3n) is 2.60. The van der Waals surface area contributed by atoms with Gasteiger partial charge in [-0.05, 0) is 19.3 Å². The second kappa shape index (κ2) is 6.32. The Morgan fingerprint density at radius 1 is 1.53 bits per heavy atom. The van der Waals surface area contributed by atoms with Gasteiger partial charge < -0.3 is 9.84 Å². The van der Waals surface area contributed by atoms with Crippen molar-refractivity contribution in [2.45, 2.75) is 32.3 Å². The Morgan fingerprint density at radius 2 is 2.24 bits per heavy atom. The summed E-state index contributed by atoms with van der Waals surface area (Å²) in [7, 11) is -3.54. The Hall–Kier alpha value is -0.660. The first-order chi connectivity index (χ1) is 7.95. The molecule has 7 heteroatoms. The van der Waals surface area contributed by atoms with E-state index in [4.69, 9.17) is 9.84 Å². The molecule has 1 rings (SSSR count). The predicted molar refractivity (Wildman–Crippen MR) is 62.3 cm³/mol. The van der Waals surface area contributed by atoms with Gasteiger partial charge in [0.05, 0.1) is 11.9 Å². The molecular formula is C10H19NO5S. The van der Waals surface area contributed by atoms with Crippen molar-refractivity contribution in [2.24, 2.45) is 0 Å². The quantitative estimate of drug-likeness (QED) is 0.715. The maximum absolute atomic E-state index is 12.0. The minimum Gasteiger partial charge on any atom is -0.480 e. The zero-order valence-corrected chi connectivity index (χ0v) is 10.8. The van der Waals surface area contributed by atoms with Crippen LogP contribution in [-0.2, 0) is 19.6 Å². The second-order valence-corrected chi connectivity index (χ2v) is 6.15. The number of hydrogen-bond donors (Lipinski definition) is 1. The van der Waals surface area contributed by atoms with Crippen LogP contribution in [0, 0.1) is 0 Å². The van der Waals surface area contributed by atoms with E-state index in [1.54, 1.807) is 0 Å². The highest BCUT2D eigenvalue weighted by atomic mass is 32.2. The molecule has 1 atom stereocenters. The number of nitrogens with zero attached hydrogens (tertiary/aromatic N) is 1. The van der Waals surface area contributed by atoms with Crippen molar-refractivity contribution in [3.05, 3.63) is 0 Å². The van der Waals surface area contributed by atoms with Gasteiger partial charge in [-0.15, -0.1) is 0 Å². The lowest BCUT2D eigenvalue weighted by Gasteiger charge is -2.21. The fraction of sp³-hybridized carbons (Fsp3) is 0.900. The Bertz CT molecular complexity index is 348. The third-order valence-corrected chi connectivity index (χ3v) is 4.49. The predicted octanol–water partition coefficient (Wildman–Crippen LogP) is 0.292. The summed E-state index contributed by atoms with van der Waals surface area (Å²) >= 11 is 0. The van der Waals surface area contributed by atoms with Crippen molar-refractivity contribution >= 4 is 16.0 Å². The van der Waals surface area contributed by atoms with Crippen molar-refractivity contribution in [1.29, 1.82) is 0 Å². The molecule has 6 nitrogen and oxygen atoms in total. The summed E-state index contributed by atoms with van der Waals surface area (Å²) in [5.74, 6) is -1.24. The number of carboxylic acid groups (broad SMARTS) is 1.